The molecule has 1 aliphatic carbocycles. The lowest BCUT2D eigenvalue weighted by atomic mass is 9.68. The number of amides is 2. The number of nitrogens with one attached hydrogen (secondary N) is 1. The maximum Gasteiger partial charge on any atom is 0.317 e. The summed E-state index contributed by atoms with van der Waals surface area (Å²) in [5, 5.41) is 3.05. The van der Waals surface area contributed by atoms with E-state index in [0.29, 0.717) is 0 Å². The average Bonchev–Trinajstić information content (AvgIpc) is 2.85. The lowest BCUT2D eigenvalue weighted by Crippen LogP contribution is -2.55. The molecule has 22 heavy (non-hydrogen) atoms. The van der Waals surface area contributed by atoms with E-state index in [1.165, 1.54) is 5.56 Å². The molecule has 1 aliphatic heterocycles. The number of likely N-dealkylation sites (N-methyl/N-ethyl adjacent to an activating group) is 1. The molecule has 1 aromatic rings. The van der Waals surface area contributed by atoms with Crippen molar-refractivity contribution >= 4 is 6.03 Å². The van der Waals surface area contributed by atoms with Crippen LogP contribution in [0.4, 0.5) is 4.79 Å². The Hall–Kier alpha value is -1.55. The summed E-state index contributed by atoms with van der Waals surface area (Å²) in [5.41, 5.74) is 1.52. The predicted octanol–water partition coefficient (Wildman–Crippen LogP) is 2.80. The van der Waals surface area contributed by atoms with Crippen LogP contribution in [0.3, 0.4) is 0 Å². The van der Waals surface area contributed by atoms with Crippen molar-refractivity contribution in [2.75, 3.05) is 27.2 Å². The van der Waals surface area contributed by atoms with Gasteiger partial charge in [-0.3, -0.25) is 4.90 Å². The Morgan fingerprint density at radius 1 is 1.14 bits per heavy atom. The molecule has 0 atom stereocenters. The van der Waals surface area contributed by atoms with Crippen LogP contribution >= 0.6 is 0 Å². The minimum absolute atomic E-state index is 0.0279. The first kappa shape index (κ1) is 15.3. The maximum absolute atomic E-state index is 12.0. The SMILES string of the molecule is CCN1C(=O)NC[C@]12CC[C@](c1ccccc1)(N(C)C)CC2. The largest absolute Gasteiger partial charge is 0.336 e. The van der Waals surface area contributed by atoms with Gasteiger partial charge in [-0.2, -0.15) is 0 Å². The lowest BCUT2D eigenvalue weighted by Gasteiger charge is -2.50. The summed E-state index contributed by atoms with van der Waals surface area (Å²) in [6.45, 7) is 3.68. The van der Waals surface area contributed by atoms with Gasteiger partial charge in [-0.1, -0.05) is 30.3 Å². The van der Waals surface area contributed by atoms with Crippen molar-refractivity contribution in [2.24, 2.45) is 0 Å². The van der Waals surface area contributed by atoms with Gasteiger partial charge in [-0.15, -0.1) is 0 Å². The van der Waals surface area contributed by atoms with Gasteiger partial charge in [0.15, 0.2) is 0 Å². The van der Waals surface area contributed by atoms with E-state index < -0.39 is 0 Å². The highest BCUT2D eigenvalue weighted by Crippen LogP contribution is 2.47. The van der Waals surface area contributed by atoms with E-state index in [4.69, 9.17) is 0 Å². The summed E-state index contributed by atoms with van der Waals surface area (Å²) >= 11 is 0. The van der Waals surface area contributed by atoms with Crippen molar-refractivity contribution in [3.05, 3.63) is 35.9 Å². The van der Waals surface area contributed by atoms with Crippen molar-refractivity contribution in [2.45, 2.75) is 43.7 Å². The summed E-state index contributed by atoms with van der Waals surface area (Å²) in [7, 11) is 4.36. The fraction of sp³-hybridized carbons (Fsp3) is 0.611. The zero-order valence-electron chi connectivity index (χ0n) is 13.9. The van der Waals surface area contributed by atoms with Crippen molar-refractivity contribution < 1.29 is 4.79 Å². The van der Waals surface area contributed by atoms with Crippen LogP contribution in [-0.2, 0) is 5.54 Å². The minimum atomic E-state index is 0.0279. The van der Waals surface area contributed by atoms with Gasteiger partial charge in [-0.05, 0) is 52.3 Å². The van der Waals surface area contributed by atoms with E-state index in [2.05, 4.69) is 66.5 Å². The molecule has 4 nitrogen and oxygen atoms in total. The molecule has 0 aromatic heterocycles. The summed E-state index contributed by atoms with van der Waals surface area (Å²) in [6.07, 6.45) is 4.31. The third kappa shape index (κ3) is 2.21. The number of nitrogens with zero attached hydrogens (tertiary/aromatic N) is 2. The summed E-state index contributed by atoms with van der Waals surface area (Å²) < 4.78 is 0. The van der Waals surface area contributed by atoms with E-state index in [1.807, 2.05) is 0 Å². The van der Waals surface area contributed by atoms with Gasteiger partial charge in [0, 0.05) is 18.6 Å². The molecular weight excluding hydrogens is 274 g/mol. The molecule has 1 saturated carbocycles. The normalized spacial score (nSPS) is 31.8. The second-order valence-electron chi connectivity index (χ2n) is 6.92. The Kier molecular flexibility index (Phi) is 3.89. The van der Waals surface area contributed by atoms with Crippen LogP contribution in [0.2, 0.25) is 0 Å². The first-order chi connectivity index (χ1) is 10.5. The van der Waals surface area contributed by atoms with Crippen LogP contribution in [0.25, 0.3) is 0 Å². The van der Waals surface area contributed by atoms with E-state index in [0.717, 1.165) is 38.8 Å². The van der Waals surface area contributed by atoms with Crippen molar-refractivity contribution in [3.8, 4) is 0 Å². The van der Waals surface area contributed by atoms with Gasteiger partial charge in [0.25, 0.3) is 0 Å². The van der Waals surface area contributed by atoms with Gasteiger partial charge < -0.3 is 10.2 Å². The minimum Gasteiger partial charge on any atom is -0.336 e. The highest BCUT2D eigenvalue weighted by Gasteiger charge is 2.51. The summed E-state index contributed by atoms with van der Waals surface area (Å²) in [5.74, 6) is 0. The fourth-order valence-electron chi connectivity index (χ4n) is 4.44. The number of benzene rings is 1. The number of carbonyl (C=O) groups is 1. The molecule has 1 aromatic carbocycles. The van der Waals surface area contributed by atoms with Crippen LogP contribution in [0, 0.1) is 0 Å². The van der Waals surface area contributed by atoms with Crippen LogP contribution < -0.4 is 5.32 Å². The first-order valence-electron chi connectivity index (χ1n) is 8.32. The molecule has 4 heteroatoms. The highest BCUT2D eigenvalue weighted by atomic mass is 16.2. The molecule has 2 aliphatic rings. The smallest absolute Gasteiger partial charge is 0.317 e. The zero-order valence-corrected chi connectivity index (χ0v) is 13.9. The van der Waals surface area contributed by atoms with Crippen LogP contribution in [-0.4, -0.2) is 48.6 Å². The number of urea groups is 1. The monoisotopic (exact) mass is 301 g/mol. The second kappa shape index (κ2) is 5.58. The van der Waals surface area contributed by atoms with E-state index >= 15 is 0 Å². The zero-order chi connectivity index (χ0) is 15.8. The van der Waals surface area contributed by atoms with Gasteiger partial charge in [-0.25, -0.2) is 4.79 Å². The molecule has 2 fully saturated rings. The molecule has 0 unspecified atom stereocenters. The Morgan fingerprint density at radius 2 is 1.77 bits per heavy atom. The molecule has 1 saturated heterocycles. The van der Waals surface area contributed by atoms with Crippen molar-refractivity contribution in [1.29, 1.82) is 0 Å². The Labute approximate surface area is 133 Å². The number of hydrogen-bond donors (Lipinski definition) is 1. The van der Waals surface area contributed by atoms with Crippen LogP contribution in [0.1, 0.15) is 38.2 Å². The summed E-state index contributed by atoms with van der Waals surface area (Å²) in [6, 6.07) is 10.9. The molecule has 2 amide bonds. The maximum atomic E-state index is 12.0. The molecule has 0 bridgehead atoms. The van der Waals surface area contributed by atoms with Gasteiger partial charge in [0.2, 0.25) is 0 Å². The number of hydrogen-bond acceptors (Lipinski definition) is 2. The third-order valence-electron chi connectivity index (χ3n) is 5.88. The van der Waals surface area contributed by atoms with E-state index in [-0.39, 0.29) is 17.1 Å². The van der Waals surface area contributed by atoms with Gasteiger partial charge in [0.1, 0.15) is 0 Å². The number of carbonyl (C=O) groups excluding carboxylic acids is 1. The molecule has 0 radical (unpaired) electrons. The molecule has 1 spiro atoms. The van der Waals surface area contributed by atoms with Crippen molar-refractivity contribution in [3.63, 3.8) is 0 Å². The molecule has 3 rings (SSSR count). The highest BCUT2D eigenvalue weighted by molar-refractivity contribution is 5.78. The Balaban J connectivity index is 1.86. The molecular formula is C18H27N3O. The molecule has 1 heterocycles. The third-order valence-corrected chi connectivity index (χ3v) is 5.88. The molecule has 1 N–H and O–H groups in total. The quantitative estimate of drug-likeness (QED) is 0.932. The predicted molar refractivity (Wildman–Crippen MR) is 88.8 cm³/mol. The molecule has 120 valence electrons. The second-order valence-corrected chi connectivity index (χ2v) is 6.92. The topological polar surface area (TPSA) is 35.6 Å². The standard InChI is InChI=1S/C18H27N3O/c1-4-21-16(22)19-14-17(21)10-12-18(13-11-17,20(2)3)15-8-6-5-7-9-15/h5-9H,4,10-14H2,1-3H3,(H,19,22)/t17-,18+. The fourth-order valence-corrected chi connectivity index (χ4v) is 4.44. The average molecular weight is 301 g/mol. The lowest BCUT2D eigenvalue weighted by molar-refractivity contribution is 0.0277. The Bertz CT molecular complexity index is 533. The summed E-state index contributed by atoms with van der Waals surface area (Å²) in [4.78, 5) is 16.5. The van der Waals surface area contributed by atoms with Gasteiger partial charge in [0.05, 0.1) is 5.54 Å². The first-order valence-corrected chi connectivity index (χ1v) is 8.32. The number of rotatable bonds is 3. The van der Waals surface area contributed by atoms with Gasteiger partial charge >= 0.3 is 6.03 Å². The van der Waals surface area contributed by atoms with E-state index in [1.54, 1.807) is 0 Å². The van der Waals surface area contributed by atoms with E-state index in [9.17, 15) is 4.79 Å². The van der Waals surface area contributed by atoms with Crippen LogP contribution in [0.5, 0.6) is 0 Å². The Morgan fingerprint density at radius 3 is 2.32 bits per heavy atom. The van der Waals surface area contributed by atoms with Crippen LogP contribution in [0.15, 0.2) is 30.3 Å². The van der Waals surface area contributed by atoms with Crippen molar-refractivity contribution in [1.82, 2.24) is 15.1 Å².